The van der Waals surface area contributed by atoms with Crippen LogP contribution in [0.5, 0.6) is 0 Å². The van der Waals surface area contributed by atoms with E-state index in [0.717, 1.165) is 31.4 Å². The van der Waals surface area contributed by atoms with Gasteiger partial charge in [-0.15, -0.1) is 0 Å². The van der Waals surface area contributed by atoms with E-state index in [2.05, 4.69) is 53.4 Å². The number of hydrogen-bond donors (Lipinski definition) is 1. The first-order valence-corrected chi connectivity index (χ1v) is 9.47. The highest BCUT2D eigenvalue weighted by molar-refractivity contribution is 5.80. The second kappa shape index (κ2) is 10.2. The highest BCUT2D eigenvalue weighted by atomic mass is 16.5. The maximum Gasteiger partial charge on any atom is 0.135 e. The molecule has 1 N–H and O–H groups in total. The van der Waals surface area contributed by atoms with Crippen molar-refractivity contribution < 1.29 is 9.53 Å². The largest absolute Gasteiger partial charge is 0.384 e. The molecule has 0 aromatic heterocycles. The molecule has 3 heteroatoms. The van der Waals surface area contributed by atoms with E-state index in [-0.39, 0.29) is 17.1 Å². The van der Waals surface area contributed by atoms with Gasteiger partial charge >= 0.3 is 0 Å². The van der Waals surface area contributed by atoms with Crippen LogP contribution in [0.3, 0.4) is 0 Å². The summed E-state index contributed by atoms with van der Waals surface area (Å²) in [5.41, 5.74) is 0.822. The number of nitrogens with one attached hydrogen (secondary N) is 1. The van der Waals surface area contributed by atoms with Crippen LogP contribution in [0.25, 0.3) is 0 Å². The van der Waals surface area contributed by atoms with E-state index < -0.39 is 0 Å². The lowest BCUT2D eigenvalue weighted by Gasteiger charge is -2.32. The highest BCUT2D eigenvalue weighted by Gasteiger charge is 2.23. The van der Waals surface area contributed by atoms with Crippen molar-refractivity contribution in [3.63, 3.8) is 0 Å². The smallest absolute Gasteiger partial charge is 0.135 e. The molecule has 0 aliphatic carbocycles. The van der Waals surface area contributed by atoms with Crippen molar-refractivity contribution in [2.24, 2.45) is 11.8 Å². The normalized spacial score (nSPS) is 12.8. The molecule has 0 fully saturated rings. The van der Waals surface area contributed by atoms with Crippen LogP contribution in [-0.4, -0.2) is 23.5 Å². The summed E-state index contributed by atoms with van der Waals surface area (Å²) in [6, 6.07) is 0. The fraction of sp³-hybridized carbons (Fsp3) is 0.857. The molecule has 0 spiro atoms. The van der Waals surface area contributed by atoms with Gasteiger partial charge in [-0.3, -0.25) is 4.79 Å². The van der Waals surface area contributed by atoms with Crippen LogP contribution in [0.4, 0.5) is 0 Å². The lowest BCUT2D eigenvalue weighted by atomic mass is 9.96. The molecule has 0 unspecified atom stereocenters. The fourth-order valence-electron chi connectivity index (χ4n) is 2.43. The third-order valence-corrected chi connectivity index (χ3v) is 4.38. The second-order valence-electron chi connectivity index (χ2n) is 9.02. The molecular weight excluding hydrogens is 298 g/mol. The van der Waals surface area contributed by atoms with E-state index in [9.17, 15) is 4.79 Å². The first-order chi connectivity index (χ1) is 10.8. The van der Waals surface area contributed by atoms with Gasteiger partial charge in [-0.25, -0.2) is 0 Å². The summed E-state index contributed by atoms with van der Waals surface area (Å²) in [6.07, 6.45) is 4.46. The number of carbonyl (C=O) groups excluding carboxylic acids is 1. The van der Waals surface area contributed by atoms with Crippen molar-refractivity contribution in [3.05, 3.63) is 12.3 Å². The Hall–Kier alpha value is -0.830. The van der Waals surface area contributed by atoms with Gasteiger partial charge in [0.1, 0.15) is 5.78 Å². The summed E-state index contributed by atoms with van der Waals surface area (Å²) in [7, 11) is 0. The van der Waals surface area contributed by atoms with E-state index in [1.807, 2.05) is 13.8 Å². The van der Waals surface area contributed by atoms with Crippen molar-refractivity contribution in [2.75, 3.05) is 6.61 Å². The maximum atomic E-state index is 11.8. The zero-order valence-electron chi connectivity index (χ0n) is 17.4. The van der Waals surface area contributed by atoms with Gasteiger partial charge in [0.2, 0.25) is 0 Å². The monoisotopic (exact) mass is 339 g/mol. The Morgan fingerprint density at radius 2 is 1.62 bits per heavy atom. The van der Waals surface area contributed by atoms with Crippen LogP contribution >= 0.6 is 0 Å². The Bertz CT molecular complexity index is 395. The summed E-state index contributed by atoms with van der Waals surface area (Å²) in [5, 5.41) is 3.53. The molecule has 0 aromatic rings. The zero-order chi connectivity index (χ0) is 19.0. The number of ether oxygens (including phenoxy) is 1. The Balaban J connectivity index is 4.17. The number of ketones is 1. The van der Waals surface area contributed by atoms with E-state index in [4.69, 9.17) is 4.74 Å². The zero-order valence-corrected chi connectivity index (χ0v) is 17.4. The average molecular weight is 340 g/mol. The highest BCUT2D eigenvalue weighted by Crippen LogP contribution is 2.21. The van der Waals surface area contributed by atoms with Crippen molar-refractivity contribution in [1.82, 2.24) is 5.32 Å². The summed E-state index contributed by atoms with van der Waals surface area (Å²) in [5.74, 6) is 1.13. The molecule has 0 rings (SSSR count). The summed E-state index contributed by atoms with van der Waals surface area (Å²) < 4.78 is 6.05. The van der Waals surface area contributed by atoms with E-state index >= 15 is 0 Å². The molecule has 0 radical (unpaired) electrons. The molecule has 0 saturated carbocycles. The summed E-state index contributed by atoms with van der Waals surface area (Å²) in [4.78, 5) is 11.8. The van der Waals surface area contributed by atoms with Crippen LogP contribution in [0.1, 0.15) is 87.5 Å². The van der Waals surface area contributed by atoms with Crippen LogP contribution in [0, 0.1) is 11.8 Å². The quantitative estimate of drug-likeness (QED) is 0.482. The standard InChI is InChI=1S/C21H41NO2/c1-16(2)10-11-18(5)22-20(6,7)14-15-24-21(8,9)13-12-19(23)17(3)4/h16-17,22H,5,10-15H2,1-4,6-9H3. The molecule has 0 aliphatic rings. The predicted octanol–water partition coefficient (Wildman–Crippen LogP) is 5.50. The summed E-state index contributed by atoms with van der Waals surface area (Å²) >= 11 is 0. The van der Waals surface area contributed by atoms with Crippen molar-refractivity contribution in [3.8, 4) is 0 Å². The number of rotatable bonds is 13. The minimum Gasteiger partial charge on any atom is -0.384 e. The van der Waals surface area contributed by atoms with Gasteiger partial charge in [0.25, 0.3) is 0 Å². The Labute approximate surface area is 150 Å². The van der Waals surface area contributed by atoms with Crippen LogP contribution in [-0.2, 0) is 9.53 Å². The molecule has 0 bridgehead atoms. The molecule has 0 aromatic carbocycles. The van der Waals surface area contributed by atoms with Crippen LogP contribution in [0.15, 0.2) is 12.3 Å². The lowest BCUT2D eigenvalue weighted by Crippen LogP contribution is -2.40. The number of Topliss-reactive ketones (excluding diaryl/α,β-unsaturated/α-hetero) is 1. The number of allylic oxidation sites excluding steroid dienone is 1. The molecule has 0 amide bonds. The van der Waals surface area contributed by atoms with Gasteiger partial charge in [0, 0.05) is 30.2 Å². The Kier molecular flexibility index (Phi) is 9.87. The van der Waals surface area contributed by atoms with Crippen LogP contribution in [0.2, 0.25) is 0 Å². The van der Waals surface area contributed by atoms with E-state index in [1.165, 1.54) is 0 Å². The van der Waals surface area contributed by atoms with Gasteiger partial charge in [0.15, 0.2) is 0 Å². The predicted molar refractivity (Wildman–Crippen MR) is 104 cm³/mol. The molecule has 0 heterocycles. The van der Waals surface area contributed by atoms with Crippen molar-refractivity contribution >= 4 is 5.78 Å². The molecule has 0 saturated heterocycles. The van der Waals surface area contributed by atoms with Crippen molar-refractivity contribution in [1.29, 1.82) is 0 Å². The van der Waals surface area contributed by atoms with Gasteiger partial charge in [-0.2, -0.15) is 0 Å². The van der Waals surface area contributed by atoms with Crippen LogP contribution < -0.4 is 5.32 Å². The Morgan fingerprint density at radius 3 is 2.12 bits per heavy atom. The molecule has 142 valence electrons. The number of hydrogen-bond acceptors (Lipinski definition) is 3. The topological polar surface area (TPSA) is 38.3 Å². The fourth-order valence-corrected chi connectivity index (χ4v) is 2.43. The third-order valence-electron chi connectivity index (χ3n) is 4.38. The van der Waals surface area contributed by atoms with Gasteiger partial charge in [-0.05, 0) is 59.3 Å². The first kappa shape index (κ1) is 23.2. The Morgan fingerprint density at radius 1 is 1.04 bits per heavy atom. The molecule has 0 atom stereocenters. The lowest BCUT2D eigenvalue weighted by molar-refractivity contribution is -0.123. The third kappa shape index (κ3) is 11.7. The van der Waals surface area contributed by atoms with Gasteiger partial charge in [0.05, 0.1) is 5.60 Å². The molecule has 0 aliphatic heterocycles. The minimum atomic E-state index is -0.255. The van der Waals surface area contributed by atoms with Gasteiger partial charge in [-0.1, -0.05) is 34.3 Å². The maximum absolute atomic E-state index is 11.8. The van der Waals surface area contributed by atoms with E-state index in [0.29, 0.717) is 24.7 Å². The second-order valence-corrected chi connectivity index (χ2v) is 9.02. The molecule has 24 heavy (non-hydrogen) atoms. The summed E-state index contributed by atoms with van der Waals surface area (Å²) in [6.45, 7) is 21.7. The van der Waals surface area contributed by atoms with Gasteiger partial charge < -0.3 is 10.1 Å². The SMILES string of the molecule is C=C(CCC(C)C)NC(C)(C)CCOC(C)(C)CCC(=O)C(C)C. The minimum absolute atomic E-state index is 0.0299. The van der Waals surface area contributed by atoms with Crippen molar-refractivity contribution in [2.45, 2.75) is 98.6 Å². The molecule has 3 nitrogen and oxygen atoms in total. The first-order valence-electron chi connectivity index (χ1n) is 9.47. The molecular formula is C21H41NO2. The number of carbonyl (C=O) groups is 1. The average Bonchev–Trinajstić information content (AvgIpc) is 2.41. The van der Waals surface area contributed by atoms with E-state index in [1.54, 1.807) is 0 Å².